The van der Waals surface area contributed by atoms with E-state index >= 15 is 0 Å². The van der Waals surface area contributed by atoms with Gasteiger partial charge in [-0.25, -0.2) is 0 Å². The summed E-state index contributed by atoms with van der Waals surface area (Å²) in [5.41, 5.74) is 1.72. The van der Waals surface area contributed by atoms with E-state index in [1.54, 1.807) is 30.3 Å². The normalized spacial score (nSPS) is 13.7. The van der Waals surface area contributed by atoms with E-state index < -0.39 is 12.2 Å². The van der Waals surface area contributed by atoms with Gasteiger partial charge in [0, 0.05) is 5.69 Å². The summed E-state index contributed by atoms with van der Waals surface area (Å²) in [6.07, 6.45) is -4.36. The lowest BCUT2D eigenvalue weighted by Crippen LogP contribution is -2.27. The molecule has 118 valence electrons. The van der Waals surface area contributed by atoms with E-state index in [1.807, 2.05) is 12.1 Å². The van der Waals surface area contributed by atoms with Crippen molar-refractivity contribution in [3.8, 4) is 0 Å². The van der Waals surface area contributed by atoms with Gasteiger partial charge in [-0.2, -0.15) is 13.2 Å². The fourth-order valence-corrected chi connectivity index (χ4v) is 2.23. The molecular formula is C18H20F3N. The molecule has 2 rings (SSSR count). The molecule has 0 saturated carbocycles. The largest absolute Gasteiger partial charge is 0.412 e. The van der Waals surface area contributed by atoms with Crippen LogP contribution in [-0.4, -0.2) is 6.18 Å². The number of halogens is 3. The molecule has 1 N–H and O–H groups in total. The van der Waals surface area contributed by atoms with Crippen molar-refractivity contribution >= 4 is 5.69 Å². The van der Waals surface area contributed by atoms with Gasteiger partial charge in [0.1, 0.15) is 6.04 Å². The van der Waals surface area contributed by atoms with Gasteiger partial charge in [-0.3, -0.25) is 0 Å². The molecule has 0 spiro atoms. The first-order valence-corrected chi connectivity index (χ1v) is 7.17. The molecular weight excluding hydrogens is 287 g/mol. The molecule has 1 nitrogen and oxygen atoms in total. The van der Waals surface area contributed by atoms with Gasteiger partial charge in [-0.05, 0) is 28.7 Å². The maximum absolute atomic E-state index is 13.3. The summed E-state index contributed by atoms with van der Waals surface area (Å²) in [5, 5.41) is 2.59. The molecule has 0 fully saturated rings. The molecule has 4 heteroatoms. The van der Waals surface area contributed by atoms with Crippen LogP contribution in [0.1, 0.15) is 37.9 Å². The van der Waals surface area contributed by atoms with Crippen LogP contribution in [0.5, 0.6) is 0 Å². The molecule has 0 bridgehead atoms. The summed E-state index contributed by atoms with van der Waals surface area (Å²) in [5.74, 6) is 0. The molecule has 0 heterocycles. The first-order valence-electron chi connectivity index (χ1n) is 7.17. The standard InChI is InChI=1S/C18H20F3N/c1-17(2,3)14-9-11-15(12-10-14)22-16(18(19,20)21)13-7-5-4-6-8-13/h4-12,16,22H,1-3H3. The van der Waals surface area contributed by atoms with Crippen molar-refractivity contribution in [1.82, 2.24) is 0 Å². The Morgan fingerprint density at radius 2 is 1.36 bits per heavy atom. The number of anilines is 1. The van der Waals surface area contributed by atoms with Gasteiger partial charge in [0.15, 0.2) is 0 Å². The van der Waals surface area contributed by atoms with E-state index in [0.29, 0.717) is 5.69 Å². The Kier molecular flexibility index (Phi) is 4.50. The summed E-state index contributed by atoms with van der Waals surface area (Å²) < 4.78 is 39.9. The molecule has 22 heavy (non-hydrogen) atoms. The van der Waals surface area contributed by atoms with Crippen molar-refractivity contribution in [1.29, 1.82) is 0 Å². The average Bonchev–Trinajstić information content (AvgIpc) is 2.44. The first kappa shape index (κ1) is 16.4. The Morgan fingerprint density at radius 3 is 1.82 bits per heavy atom. The molecule has 1 unspecified atom stereocenters. The lowest BCUT2D eigenvalue weighted by molar-refractivity contribution is -0.144. The quantitative estimate of drug-likeness (QED) is 0.767. The lowest BCUT2D eigenvalue weighted by Gasteiger charge is -2.24. The zero-order valence-electron chi connectivity index (χ0n) is 12.9. The number of hydrogen-bond donors (Lipinski definition) is 1. The van der Waals surface area contributed by atoms with Crippen molar-refractivity contribution in [3.05, 3.63) is 65.7 Å². The summed E-state index contributed by atoms with van der Waals surface area (Å²) in [4.78, 5) is 0. The maximum Gasteiger partial charge on any atom is 0.412 e. The van der Waals surface area contributed by atoms with Crippen molar-refractivity contribution < 1.29 is 13.2 Å². The molecule has 0 aliphatic heterocycles. The van der Waals surface area contributed by atoms with Gasteiger partial charge in [-0.1, -0.05) is 63.2 Å². The van der Waals surface area contributed by atoms with Gasteiger partial charge in [0.05, 0.1) is 0 Å². The minimum atomic E-state index is -4.36. The number of hydrogen-bond acceptors (Lipinski definition) is 1. The third-order valence-electron chi connectivity index (χ3n) is 3.52. The monoisotopic (exact) mass is 307 g/mol. The SMILES string of the molecule is CC(C)(C)c1ccc(NC(c2ccccc2)C(F)(F)F)cc1. The molecule has 0 aromatic heterocycles. The highest BCUT2D eigenvalue weighted by Gasteiger charge is 2.40. The number of benzene rings is 2. The fourth-order valence-electron chi connectivity index (χ4n) is 2.23. The van der Waals surface area contributed by atoms with Crippen LogP contribution in [0.4, 0.5) is 18.9 Å². The molecule has 0 aliphatic carbocycles. The second-order valence-corrected chi connectivity index (χ2v) is 6.36. The Labute approximate surface area is 129 Å². The number of nitrogens with one attached hydrogen (secondary N) is 1. The number of alkyl halides is 3. The van der Waals surface area contributed by atoms with E-state index in [-0.39, 0.29) is 11.0 Å². The van der Waals surface area contributed by atoms with Crippen molar-refractivity contribution in [2.75, 3.05) is 5.32 Å². The summed E-state index contributed by atoms with van der Waals surface area (Å²) in [7, 11) is 0. The highest BCUT2D eigenvalue weighted by atomic mass is 19.4. The molecule has 0 radical (unpaired) electrons. The van der Waals surface area contributed by atoms with Gasteiger partial charge < -0.3 is 5.32 Å². The second kappa shape index (κ2) is 6.03. The minimum Gasteiger partial charge on any atom is -0.370 e. The van der Waals surface area contributed by atoms with E-state index in [2.05, 4.69) is 26.1 Å². The summed E-state index contributed by atoms with van der Waals surface area (Å²) in [6, 6.07) is 13.3. The fraction of sp³-hybridized carbons (Fsp3) is 0.333. The zero-order valence-corrected chi connectivity index (χ0v) is 12.9. The van der Waals surface area contributed by atoms with Crippen LogP contribution in [-0.2, 0) is 5.41 Å². The van der Waals surface area contributed by atoms with Gasteiger partial charge >= 0.3 is 6.18 Å². The minimum absolute atomic E-state index is 0.0264. The van der Waals surface area contributed by atoms with Crippen molar-refractivity contribution in [2.24, 2.45) is 0 Å². The predicted octanol–water partition coefficient (Wildman–Crippen LogP) is 5.70. The number of rotatable bonds is 3. The van der Waals surface area contributed by atoms with Crippen molar-refractivity contribution in [2.45, 2.75) is 38.4 Å². The van der Waals surface area contributed by atoms with Crippen LogP contribution in [0.3, 0.4) is 0 Å². The third kappa shape index (κ3) is 4.03. The van der Waals surface area contributed by atoms with Crippen LogP contribution >= 0.6 is 0 Å². The Bertz CT molecular complexity index is 595. The highest BCUT2D eigenvalue weighted by Crippen LogP contribution is 2.36. The summed E-state index contributed by atoms with van der Waals surface area (Å²) >= 11 is 0. The van der Waals surface area contributed by atoms with E-state index in [0.717, 1.165) is 5.56 Å². The molecule has 0 aliphatic rings. The average molecular weight is 307 g/mol. The van der Waals surface area contributed by atoms with Gasteiger partial charge in [0.25, 0.3) is 0 Å². The van der Waals surface area contributed by atoms with E-state index in [4.69, 9.17) is 0 Å². The predicted molar refractivity (Wildman–Crippen MR) is 84.0 cm³/mol. The smallest absolute Gasteiger partial charge is 0.370 e. The van der Waals surface area contributed by atoms with Crippen LogP contribution in [0.15, 0.2) is 54.6 Å². The summed E-state index contributed by atoms with van der Waals surface area (Å²) in [6.45, 7) is 6.20. The maximum atomic E-state index is 13.3. The molecule has 0 amide bonds. The van der Waals surface area contributed by atoms with Gasteiger partial charge in [0.2, 0.25) is 0 Å². The Balaban J connectivity index is 2.25. The van der Waals surface area contributed by atoms with Crippen LogP contribution in [0.25, 0.3) is 0 Å². The lowest BCUT2D eigenvalue weighted by atomic mass is 9.87. The Hall–Kier alpha value is -1.97. The van der Waals surface area contributed by atoms with Crippen molar-refractivity contribution in [3.63, 3.8) is 0 Å². The first-order chi connectivity index (χ1) is 10.2. The molecule has 1 atom stereocenters. The molecule has 2 aromatic carbocycles. The topological polar surface area (TPSA) is 12.0 Å². The van der Waals surface area contributed by atoms with E-state index in [9.17, 15) is 13.2 Å². The van der Waals surface area contributed by atoms with Crippen LogP contribution in [0.2, 0.25) is 0 Å². The Morgan fingerprint density at radius 1 is 0.818 bits per heavy atom. The third-order valence-corrected chi connectivity index (χ3v) is 3.52. The highest BCUT2D eigenvalue weighted by molar-refractivity contribution is 5.48. The second-order valence-electron chi connectivity index (χ2n) is 6.36. The van der Waals surface area contributed by atoms with E-state index in [1.165, 1.54) is 12.1 Å². The van der Waals surface area contributed by atoms with Gasteiger partial charge in [-0.15, -0.1) is 0 Å². The molecule has 0 saturated heterocycles. The zero-order chi connectivity index (χ0) is 16.4. The van der Waals surface area contributed by atoms with Crippen LogP contribution < -0.4 is 5.32 Å². The molecule has 2 aromatic rings. The van der Waals surface area contributed by atoms with Crippen LogP contribution in [0, 0.1) is 0 Å².